The molecule has 31 heteroatoms. The number of anilines is 2. The lowest BCUT2D eigenvalue weighted by Crippen LogP contribution is -2.59. The maximum absolute atomic E-state index is 15.0. The van der Waals surface area contributed by atoms with Crippen molar-refractivity contribution in [1.82, 2.24) is 77.0 Å². The molecule has 106 heavy (non-hydrogen) atoms. The Kier molecular flexibility index (Phi) is 27.1. The summed E-state index contributed by atoms with van der Waals surface area (Å²) in [6.07, 6.45) is 3.04. The number of hydrogen-bond donors (Lipinski definition) is 11. The first-order chi connectivity index (χ1) is 50.6. The minimum atomic E-state index is -1.52. The molecule has 0 unspecified atom stereocenters. The smallest absolute Gasteiger partial charge is 0.326 e. The van der Waals surface area contributed by atoms with Crippen LogP contribution in [-0.2, 0) is 96.1 Å². The van der Waals surface area contributed by atoms with E-state index in [2.05, 4.69) is 68.5 Å². The normalized spacial score (nSPS) is 22.2. The number of likely N-dealkylation sites (N-methyl/N-ethyl adjacent to an activating group) is 1. The van der Waals surface area contributed by atoms with Crippen molar-refractivity contribution in [2.24, 2.45) is 17.8 Å². The van der Waals surface area contributed by atoms with Crippen LogP contribution in [0.3, 0.4) is 0 Å². The van der Waals surface area contributed by atoms with Crippen LogP contribution in [0.1, 0.15) is 126 Å². The van der Waals surface area contributed by atoms with Crippen molar-refractivity contribution >= 4 is 82.4 Å². The molecule has 6 aliphatic rings. The third-order valence-corrected chi connectivity index (χ3v) is 19.6. The van der Waals surface area contributed by atoms with Gasteiger partial charge in [0.05, 0.1) is 29.5 Å². The SMILES string of the molecule is CC[C@@H](C)C(=O)N[C@H](C(=O)N1C[C@@H]2C[C@H]1C(=O)N[C@@H](Cc1ccccc1)C(=O)N[C@@H](C(=O)O)Cc1ccc(cc1)NC(=O)CCc1cn(nn1)[C@H]1C[C@@H](C(=O)N[C@@H](Cc3ccccc3)C(=O)N[C@@H](C(=O)O)Cc3ccc(cc3)NC(=O)CCc3cn2nn3)N(C(=O)[C@@H](NC(=O)[C@H](C)NC)C(C)C)C1)C(C)C. The van der Waals surface area contributed by atoms with Gasteiger partial charge in [-0.3, -0.25) is 47.9 Å². The molecule has 0 saturated carbocycles. The second-order valence-electron chi connectivity index (χ2n) is 28.2. The lowest BCUT2D eigenvalue weighted by atomic mass is 10.00. The number of nitrogens with zero attached hydrogens (tertiary/aromatic N) is 8. The van der Waals surface area contributed by atoms with Crippen LogP contribution < -0.4 is 47.9 Å². The van der Waals surface area contributed by atoms with Gasteiger partial charge in [0.15, 0.2) is 0 Å². The van der Waals surface area contributed by atoms with Crippen LogP contribution in [-0.4, -0.2) is 196 Å². The van der Waals surface area contributed by atoms with Crippen LogP contribution in [0.25, 0.3) is 0 Å². The van der Waals surface area contributed by atoms with Crippen molar-refractivity contribution in [3.05, 3.63) is 155 Å². The summed E-state index contributed by atoms with van der Waals surface area (Å²) in [4.78, 5) is 171. The number of nitrogens with one attached hydrogen (secondary N) is 9. The fourth-order valence-corrected chi connectivity index (χ4v) is 12.9. The molecule has 11 N–H and O–H groups in total. The third kappa shape index (κ3) is 21.0. The first-order valence-corrected chi connectivity index (χ1v) is 35.9. The van der Waals surface area contributed by atoms with Crippen molar-refractivity contribution in [2.75, 3.05) is 30.8 Å². The van der Waals surface area contributed by atoms with Crippen LogP contribution in [0.2, 0.25) is 0 Å². The van der Waals surface area contributed by atoms with Crippen LogP contribution >= 0.6 is 0 Å². The molecule has 2 aromatic heterocycles. The number of aliphatic carboxylic acids is 2. The fraction of sp³-hybridized carbons (Fsp3) is 0.467. The van der Waals surface area contributed by atoms with Crippen LogP contribution in [0.4, 0.5) is 11.4 Å². The fourth-order valence-electron chi connectivity index (χ4n) is 12.9. The number of aromatic nitrogens is 6. The lowest BCUT2D eigenvalue weighted by Gasteiger charge is -2.31. The minimum Gasteiger partial charge on any atom is -0.480 e. The summed E-state index contributed by atoms with van der Waals surface area (Å²) < 4.78 is 2.98. The van der Waals surface area contributed by atoms with E-state index in [4.69, 9.17) is 0 Å². The molecule has 6 aromatic rings. The van der Waals surface area contributed by atoms with Crippen molar-refractivity contribution in [1.29, 1.82) is 0 Å². The van der Waals surface area contributed by atoms with E-state index < -0.39 is 149 Å². The molecule has 564 valence electrons. The molecule has 31 nitrogen and oxygen atoms in total. The van der Waals surface area contributed by atoms with Crippen LogP contribution in [0.5, 0.6) is 0 Å². The highest BCUT2D eigenvalue weighted by atomic mass is 16.4. The molecule has 12 bridgehead atoms. The van der Waals surface area contributed by atoms with Gasteiger partial charge < -0.3 is 67.9 Å². The monoisotopic (exact) mass is 1460 g/mol. The Morgan fingerprint density at radius 3 is 1.25 bits per heavy atom. The van der Waals surface area contributed by atoms with Gasteiger partial charge in [0.1, 0.15) is 48.3 Å². The average Bonchev–Trinajstić information content (AvgIpc) is 1.64. The van der Waals surface area contributed by atoms with Crippen molar-refractivity contribution in [3.8, 4) is 0 Å². The van der Waals surface area contributed by atoms with Gasteiger partial charge in [-0.1, -0.05) is 137 Å². The van der Waals surface area contributed by atoms with Gasteiger partial charge in [0, 0.05) is 107 Å². The van der Waals surface area contributed by atoms with Crippen molar-refractivity contribution in [2.45, 2.75) is 186 Å². The number of amides is 10. The number of carbonyl (C=O) groups excluding carboxylic acids is 10. The number of aryl methyl sites for hydroxylation is 2. The summed E-state index contributed by atoms with van der Waals surface area (Å²) >= 11 is 0. The molecule has 2 saturated heterocycles. The number of benzene rings is 4. The maximum Gasteiger partial charge on any atom is 0.326 e. The van der Waals surface area contributed by atoms with Gasteiger partial charge in [-0.2, -0.15) is 0 Å². The molecule has 10 amide bonds. The molecule has 12 rings (SSSR count). The van der Waals surface area contributed by atoms with E-state index in [0.29, 0.717) is 51.4 Å². The molecule has 4 aromatic carbocycles. The lowest BCUT2D eigenvalue weighted by molar-refractivity contribution is -0.144. The van der Waals surface area contributed by atoms with E-state index in [1.54, 1.807) is 170 Å². The predicted molar refractivity (Wildman–Crippen MR) is 387 cm³/mol. The quantitative estimate of drug-likeness (QED) is 0.0663. The molecule has 0 aliphatic carbocycles. The Balaban J connectivity index is 1.00. The zero-order valence-corrected chi connectivity index (χ0v) is 60.7. The zero-order valence-electron chi connectivity index (χ0n) is 60.7. The average molecular weight is 1460 g/mol. The van der Waals surface area contributed by atoms with E-state index >= 15 is 0 Å². The first-order valence-electron chi connectivity index (χ1n) is 35.9. The van der Waals surface area contributed by atoms with Crippen molar-refractivity contribution < 1.29 is 67.7 Å². The summed E-state index contributed by atoms with van der Waals surface area (Å²) in [6, 6.07) is 17.6. The molecule has 0 spiro atoms. The molecular formula is C75H95N17O14. The number of rotatable bonds is 16. The van der Waals surface area contributed by atoms with E-state index in [1.165, 1.54) is 19.2 Å². The Morgan fingerprint density at radius 2 is 0.896 bits per heavy atom. The molecule has 2 fully saturated rings. The van der Waals surface area contributed by atoms with E-state index in [-0.39, 0.29) is 83.2 Å². The standard InChI is InChI=1S/C75H95N17O14/c1-9-44(6)66(95)83-64(42(2)3)72(101)89-40-54-36-60(89)70(99)79-56(32-46-16-12-10-13-17-46)68(97)81-58(74(103)104)34-48-20-24-51(25-21-48)78-63(94)31-29-53-39-92(88-86-53)55-37-61(90(41-55)73(102)65(43(4)5)84-67(96)45(7)76-8)71(100)80-57(33-47-18-14-11-15-19-47)69(98)82-59(75(105)106)35-49-22-26-50(27-23-49)77-62(93)30-28-52-38-91(54)87-85-52/h10-27,38-39,42-45,54-61,64-65,76H,9,28-37,40-41H2,1-8H3,(H,77,93)(H,78,94)(H,79,99)(H,80,100)(H,81,97)(H,82,98)(H,83,95)(H,84,96)(H,103,104)(H,105,106)/t44-,45+,54+,55+,56+,57+,58-,59-,60+,61+,64+,65+/m1/s1. The highest BCUT2D eigenvalue weighted by Gasteiger charge is 2.47. The summed E-state index contributed by atoms with van der Waals surface area (Å²) in [5, 5.41) is 63.7. The zero-order chi connectivity index (χ0) is 76.5. The number of carboxylic acids is 2. The number of carbonyl (C=O) groups is 12. The second kappa shape index (κ2) is 36.5. The Morgan fingerprint density at radius 1 is 0.509 bits per heavy atom. The van der Waals surface area contributed by atoms with Crippen LogP contribution in [0, 0.1) is 17.8 Å². The highest BCUT2D eigenvalue weighted by molar-refractivity contribution is 5.98. The van der Waals surface area contributed by atoms with Crippen molar-refractivity contribution in [3.63, 3.8) is 0 Å². The summed E-state index contributed by atoms with van der Waals surface area (Å²) in [7, 11) is 1.60. The summed E-state index contributed by atoms with van der Waals surface area (Å²) in [5.41, 5.74) is 3.68. The van der Waals surface area contributed by atoms with E-state index in [9.17, 15) is 67.7 Å². The van der Waals surface area contributed by atoms with E-state index in [1.807, 2.05) is 6.92 Å². The molecular weight excluding hydrogens is 1360 g/mol. The molecule has 8 heterocycles. The number of likely N-dealkylation sites (tertiary alicyclic amines) is 2. The van der Waals surface area contributed by atoms with Gasteiger partial charge in [0.25, 0.3) is 0 Å². The highest BCUT2D eigenvalue weighted by Crippen LogP contribution is 2.32. The first kappa shape index (κ1) is 78.9. The topological polar surface area (TPSA) is 421 Å². The molecule has 12 atom stereocenters. The van der Waals surface area contributed by atoms with E-state index in [0.717, 1.165) is 0 Å². The number of carboxylic acid groups (broad SMARTS) is 2. The summed E-state index contributed by atoms with van der Waals surface area (Å²) in [6.45, 7) is 12.1. The third-order valence-electron chi connectivity index (χ3n) is 19.6. The van der Waals surface area contributed by atoms with Gasteiger partial charge in [-0.15, -0.1) is 10.2 Å². The van der Waals surface area contributed by atoms with Gasteiger partial charge in [-0.25, -0.2) is 19.0 Å². The molecule has 0 radical (unpaired) electrons. The van der Waals surface area contributed by atoms with Gasteiger partial charge in [-0.05, 0) is 78.7 Å². The predicted octanol–water partition coefficient (Wildman–Crippen LogP) is 2.62. The Bertz CT molecular complexity index is 3850. The Hall–Kier alpha value is -11.2. The van der Waals surface area contributed by atoms with Crippen LogP contribution in [0.15, 0.2) is 122 Å². The molecule has 6 aliphatic heterocycles. The maximum atomic E-state index is 15.0. The Labute approximate surface area is 613 Å². The summed E-state index contributed by atoms with van der Waals surface area (Å²) in [5.74, 6) is -10.0. The number of hydrogen-bond acceptors (Lipinski definition) is 17. The second-order valence-corrected chi connectivity index (χ2v) is 28.2. The largest absolute Gasteiger partial charge is 0.480 e. The minimum absolute atomic E-state index is 0.0324. The van der Waals surface area contributed by atoms with Gasteiger partial charge >= 0.3 is 11.9 Å². The van der Waals surface area contributed by atoms with Gasteiger partial charge in [0.2, 0.25) is 59.1 Å².